The molecule has 0 aromatic heterocycles. The SMILES string of the molecule is CCN(CC1CC1)C(=O)C(N)c1ccc(C)cc1. The molecule has 1 aromatic carbocycles. The standard InChI is InChI=1S/C15H22N2O/c1-3-17(10-12-6-7-12)15(18)14(16)13-8-4-11(2)5-9-13/h4-5,8-9,12,14H,3,6-7,10,16H2,1-2H3. The van der Waals surface area contributed by atoms with Crippen LogP contribution in [0.5, 0.6) is 0 Å². The summed E-state index contributed by atoms with van der Waals surface area (Å²) in [6.45, 7) is 5.66. The van der Waals surface area contributed by atoms with Gasteiger partial charge in [-0.15, -0.1) is 0 Å². The maximum absolute atomic E-state index is 12.3. The minimum atomic E-state index is -0.524. The largest absolute Gasteiger partial charge is 0.341 e. The highest BCUT2D eigenvalue weighted by Gasteiger charge is 2.28. The molecule has 98 valence electrons. The quantitative estimate of drug-likeness (QED) is 0.866. The lowest BCUT2D eigenvalue weighted by atomic mass is 10.0. The minimum absolute atomic E-state index is 0.0493. The smallest absolute Gasteiger partial charge is 0.244 e. The Bertz CT molecular complexity index is 409. The van der Waals surface area contributed by atoms with E-state index in [1.165, 1.54) is 18.4 Å². The Morgan fingerprint density at radius 1 is 1.39 bits per heavy atom. The Morgan fingerprint density at radius 2 is 2.00 bits per heavy atom. The third-order valence-electron chi connectivity index (χ3n) is 3.57. The first-order chi connectivity index (χ1) is 8.61. The molecule has 0 bridgehead atoms. The highest BCUT2D eigenvalue weighted by molar-refractivity contribution is 5.83. The van der Waals surface area contributed by atoms with E-state index in [1.54, 1.807) is 0 Å². The van der Waals surface area contributed by atoms with E-state index in [4.69, 9.17) is 5.73 Å². The summed E-state index contributed by atoms with van der Waals surface area (Å²) < 4.78 is 0. The summed E-state index contributed by atoms with van der Waals surface area (Å²) in [6.07, 6.45) is 2.51. The van der Waals surface area contributed by atoms with Crippen LogP contribution in [0.1, 0.15) is 36.9 Å². The van der Waals surface area contributed by atoms with E-state index in [0.29, 0.717) is 5.92 Å². The average Bonchev–Trinajstić information content (AvgIpc) is 3.19. The summed E-state index contributed by atoms with van der Waals surface area (Å²) in [4.78, 5) is 14.2. The zero-order valence-electron chi connectivity index (χ0n) is 11.2. The molecule has 2 N–H and O–H groups in total. The first-order valence-electron chi connectivity index (χ1n) is 6.72. The van der Waals surface area contributed by atoms with E-state index in [9.17, 15) is 4.79 Å². The maximum Gasteiger partial charge on any atom is 0.244 e. The zero-order valence-corrected chi connectivity index (χ0v) is 11.2. The van der Waals surface area contributed by atoms with Crippen LogP contribution < -0.4 is 5.73 Å². The van der Waals surface area contributed by atoms with E-state index >= 15 is 0 Å². The van der Waals surface area contributed by atoms with E-state index < -0.39 is 6.04 Å². The first kappa shape index (κ1) is 13.1. The number of carbonyl (C=O) groups excluding carboxylic acids is 1. The van der Waals surface area contributed by atoms with Crippen molar-refractivity contribution >= 4 is 5.91 Å². The van der Waals surface area contributed by atoms with Crippen molar-refractivity contribution < 1.29 is 4.79 Å². The van der Waals surface area contributed by atoms with Gasteiger partial charge in [0.1, 0.15) is 6.04 Å². The van der Waals surface area contributed by atoms with Crippen LogP contribution in [0.15, 0.2) is 24.3 Å². The number of benzene rings is 1. The summed E-state index contributed by atoms with van der Waals surface area (Å²) in [5, 5.41) is 0. The molecule has 1 amide bonds. The molecule has 3 nitrogen and oxygen atoms in total. The summed E-state index contributed by atoms with van der Waals surface area (Å²) in [6, 6.07) is 7.37. The van der Waals surface area contributed by atoms with Gasteiger partial charge in [0.05, 0.1) is 0 Å². The van der Waals surface area contributed by atoms with Crippen LogP contribution in [-0.2, 0) is 4.79 Å². The van der Waals surface area contributed by atoms with Gasteiger partial charge in [-0.2, -0.15) is 0 Å². The molecule has 1 fully saturated rings. The molecule has 1 aromatic rings. The molecule has 1 aliphatic carbocycles. The molecule has 18 heavy (non-hydrogen) atoms. The molecule has 0 radical (unpaired) electrons. The van der Waals surface area contributed by atoms with Gasteiger partial charge in [-0.05, 0) is 38.2 Å². The Hall–Kier alpha value is -1.35. The van der Waals surface area contributed by atoms with Crippen LogP contribution in [0.2, 0.25) is 0 Å². The van der Waals surface area contributed by atoms with Gasteiger partial charge >= 0.3 is 0 Å². The van der Waals surface area contributed by atoms with Crippen molar-refractivity contribution in [1.82, 2.24) is 4.90 Å². The van der Waals surface area contributed by atoms with Gasteiger partial charge in [-0.1, -0.05) is 29.8 Å². The van der Waals surface area contributed by atoms with Crippen molar-refractivity contribution in [3.63, 3.8) is 0 Å². The van der Waals surface area contributed by atoms with Crippen molar-refractivity contribution in [2.24, 2.45) is 11.7 Å². The Labute approximate surface area is 109 Å². The number of carbonyl (C=O) groups is 1. The predicted octanol–water partition coefficient (Wildman–Crippen LogP) is 2.25. The van der Waals surface area contributed by atoms with E-state index in [0.717, 1.165) is 18.7 Å². The van der Waals surface area contributed by atoms with Crippen molar-refractivity contribution in [1.29, 1.82) is 0 Å². The van der Waals surface area contributed by atoms with Gasteiger partial charge < -0.3 is 10.6 Å². The number of hydrogen-bond acceptors (Lipinski definition) is 2. The number of likely N-dealkylation sites (N-methyl/N-ethyl adjacent to an activating group) is 1. The summed E-state index contributed by atoms with van der Waals surface area (Å²) in [5.41, 5.74) is 8.16. The molecule has 1 aliphatic rings. The molecule has 1 unspecified atom stereocenters. The van der Waals surface area contributed by atoms with Gasteiger partial charge in [0.25, 0.3) is 0 Å². The van der Waals surface area contributed by atoms with Crippen LogP contribution in [0.3, 0.4) is 0 Å². The van der Waals surface area contributed by atoms with Crippen molar-refractivity contribution in [2.45, 2.75) is 32.7 Å². The van der Waals surface area contributed by atoms with E-state index in [1.807, 2.05) is 43.0 Å². The van der Waals surface area contributed by atoms with Crippen LogP contribution >= 0.6 is 0 Å². The normalized spacial score (nSPS) is 16.4. The summed E-state index contributed by atoms with van der Waals surface area (Å²) in [7, 11) is 0. The van der Waals surface area contributed by atoms with Gasteiger partial charge in [-0.25, -0.2) is 0 Å². The second kappa shape index (κ2) is 5.53. The number of hydrogen-bond donors (Lipinski definition) is 1. The second-order valence-electron chi connectivity index (χ2n) is 5.21. The fraction of sp³-hybridized carbons (Fsp3) is 0.533. The number of rotatable bonds is 5. The van der Waals surface area contributed by atoms with Gasteiger partial charge in [0.2, 0.25) is 5.91 Å². The lowest BCUT2D eigenvalue weighted by molar-refractivity contribution is -0.132. The fourth-order valence-electron chi connectivity index (χ4n) is 2.10. The highest BCUT2D eigenvalue weighted by Crippen LogP contribution is 2.30. The Balaban J connectivity index is 2.03. The monoisotopic (exact) mass is 246 g/mol. The predicted molar refractivity (Wildman–Crippen MR) is 73.1 cm³/mol. The Kier molecular flexibility index (Phi) is 4.02. The molecular formula is C15H22N2O. The molecule has 2 rings (SSSR count). The lowest BCUT2D eigenvalue weighted by Gasteiger charge is -2.24. The van der Waals surface area contributed by atoms with Gasteiger partial charge in [0.15, 0.2) is 0 Å². The first-order valence-corrected chi connectivity index (χ1v) is 6.72. The van der Waals surface area contributed by atoms with Gasteiger partial charge in [-0.3, -0.25) is 4.79 Å². The number of nitrogens with two attached hydrogens (primary N) is 1. The third-order valence-corrected chi connectivity index (χ3v) is 3.57. The van der Waals surface area contributed by atoms with Gasteiger partial charge in [0, 0.05) is 13.1 Å². The number of amides is 1. The zero-order chi connectivity index (χ0) is 13.1. The summed E-state index contributed by atoms with van der Waals surface area (Å²) in [5.74, 6) is 0.757. The minimum Gasteiger partial charge on any atom is -0.341 e. The molecule has 0 aliphatic heterocycles. The van der Waals surface area contributed by atoms with Crippen LogP contribution in [0.25, 0.3) is 0 Å². The van der Waals surface area contributed by atoms with Crippen LogP contribution in [0, 0.1) is 12.8 Å². The highest BCUT2D eigenvalue weighted by atomic mass is 16.2. The molecular weight excluding hydrogens is 224 g/mol. The molecule has 0 saturated heterocycles. The average molecular weight is 246 g/mol. The molecule has 1 atom stereocenters. The van der Waals surface area contributed by atoms with Crippen LogP contribution in [0.4, 0.5) is 0 Å². The lowest BCUT2D eigenvalue weighted by Crippen LogP contribution is -2.39. The fourth-order valence-corrected chi connectivity index (χ4v) is 2.10. The molecule has 1 saturated carbocycles. The van der Waals surface area contributed by atoms with Crippen molar-refractivity contribution in [2.75, 3.05) is 13.1 Å². The topological polar surface area (TPSA) is 46.3 Å². The van der Waals surface area contributed by atoms with E-state index in [2.05, 4.69) is 0 Å². The number of nitrogens with zero attached hydrogens (tertiary/aromatic N) is 1. The molecule has 3 heteroatoms. The second-order valence-corrected chi connectivity index (χ2v) is 5.21. The molecule has 0 heterocycles. The Morgan fingerprint density at radius 3 is 2.50 bits per heavy atom. The number of aryl methyl sites for hydroxylation is 1. The van der Waals surface area contributed by atoms with Crippen molar-refractivity contribution in [3.05, 3.63) is 35.4 Å². The molecule has 0 spiro atoms. The maximum atomic E-state index is 12.3. The third kappa shape index (κ3) is 3.10. The summed E-state index contributed by atoms with van der Waals surface area (Å²) >= 11 is 0. The van der Waals surface area contributed by atoms with Crippen LogP contribution in [-0.4, -0.2) is 23.9 Å². The van der Waals surface area contributed by atoms with Crippen molar-refractivity contribution in [3.8, 4) is 0 Å². The van der Waals surface area contributed by atoms with E-state index in [-0.39, 0.29) is 5.91 Å².